The van der Waals surface area contributed by atoms with Crippen LogP contribution in [0.1, 0.15) is 27.0 Å². The van der Waals surface area contributed by atoms with E-state index >= 15 is 0 Å². The lowest BCUT2D eigenvalue weighted by Gasteiger charge is -2.21. The summed E-state index contributed by atoms with van der Waals surface area (Å²) in [6.07, 6.45) is 0. The maximum atomic E-state index is 12.8. The molecule has 3 aromatic carbocycles. The fourth-order valence-electron chi connectivity index (χ4n) is 3.08. The van der Waals surface area contributed by atoms with Crippen LogP contribution in [-0.4, -0.2) is 33.3 Å². The van der Waals surface area contributed by atoms with Gasteiger partial charge >= 0.3 is 0 Å². The van der Waals surface area contributed by atoms with Gasteiger partial charge < -0.3 is 4.90 Å². The molecule has 0 unspecified atom stereocenters. The number of aryl methyl sites for hydroxylation is 2. The van der Waals surface area contributed by atoms with Crippen LogP contribution < -0.4 is 4.31 Å². The van der Waals surface area contributed by atoms with E-state index in [1.165, 1.54) is 16.9 Å². The van der Waals surface area contributed by atoms with E-state index in [4.69, 9.17) is 0 Å². The molecular formula is C24H26N2O3S. The zero-order valence-electron chi connectivity index (χ0n) is 17.7. The van der Waals surface area contributed by atoms with E-state index in [9.17, 15) is 13.2 Å². The molecule has 30 heavy (non-hydrogen) atoms. The zero-order chi connectivity index (χ0) is 21.9. The summed E-state index contributed by atoms with van der Waals surface area (Å²) in [5.74, 6) is -0.119. The fraction of sp³-hybridized carbons (Fsp3) is 0.208. The van der Waals surface area contributed by atoms with Crippen LogP contribution in [0.25, 0.3) is 0 Å². The molecule has 6 heteroatoms. The van der Waals surface area contributed by atoms with Gasteiger partial charge in [0.05, 0.1) is 10.6 Å². The van der Waals surface area contributed by atoms with Gasteiger partial charge in [0.25, 0.3) is 15.9 Å². The minimum Gasteiger partial charge on any atom is -0.337 e. The number of sulfonamides is 1. The van der Waals surface area contributed by atoms with Crippen molar-refractivity contribution in [2.45, 2.75) is 25.3 Å². The first-order valence-electron chi connectivity index (χ1n) is 9.65. The Morgan fingerprint density at radius 2 is 1.27 bits per heavy atom. The van der Waals surface area contributed by atoms with E-state index in [0.717, 1.165) is 11.1 Å². The highest BCUT2D eigenvalue weighted by atomic mass is 32.2. The van der Waals surface area contributed by atoms with E-state index in [2.05, 4.69) is 0 Å². The van der Waals surface area contributed by atoms with Gasteiger partial charge in [-0.3, -0.25) is 9.10 Å². The third-order valence-electron chi connectivity index (χ3n) is 5.04. The van der Waals surface area contributed by atoms with Crippen molar-refractivity contribution in [1.82, 2.24) is 4.90 Å². The van der Waals surface area contributed by atoms with Gasteiger partial charge in [-0.05, 0) is 55.8 Å². The van der Waals surface area contributed by atoms with Gasteiger partial charge in [-0.1, -0.05) is 47.5 Å². The number of rotatable bonds is 6. The fourth-order valence-corrected chi connectivity index (χ4v) is 4.28. The number of hydrogen-bond donors (Lipinski definition) is 0. The molecule has 3 rings (SSSR count). The SMILES string of the molecule is Cc1ccc(CN(C)C(=O)c2ccc(N(C)S(=O)(=O)c3ccc(C)cc3)cc2)cc1. The van der Waals surface area contributed by atoms with Crippen molar-refractivity contribution in [3.05, 3.63) is 95.1 Å². The van der Waals surface area contributed by atoms with Crippen molar-refractivity contribution in [3.63, 3.8) is 0 Å². The minimum atomic E-state index is -3.66. The van der Waals surface area contributed by atoms with E-state index in [1.54, 1.807) is 60.5 Å². The quantitative estimate of drug-likeness (QED) is 0.592. The van der Waals surface area contributed by atoms with Gasteiger partial charge in [-0.2, -0.15) is 0 Å². The number of amides is 1. The molecule has 1 amide bonds. The molecule has 0 aliphatic heterocycles. The smallest absolute Gasteiger partial charge is 0.264 e. The van der Waals surface area contributed by atoms with Crippen LogP contribution in [0.5, 0.6) is 0 Å². The first kappa shape index (κ1) is 21.6. The average molecular weight is 423 g/mol. The molecular weight excluding hydrogens is 396 g/mol. The third-order valence-corrected chi connectivity index (χ3v) is 6.84. The molecule has 0 bridgehead atoms. The second kappa shape index (κ2) is 8.71. The summed E-state index contributed by atoms with van der Waals surface area (Å²) in [4.78, 5) is 14.6. The summed E-state index contributed by atoms with van der Waals surface area (Å²) in [5, 5.41) is 0. The largest absolute Gasteiger partial charge is 0.337 e. The van der Waals surface area contributed by atoms with Crippen LogP contribution in [0.4, 0.5) is 5.69 Å². The van der Waals surface area contributed by atoms with E-state index in [1.807, 2.05) is 38.1 Å². The second-order valence-corrected chi connectivity index (χ2v) is 9.45. The first-order chi connectivity index (χ1) is 14.2. The summed E-state index contributed by atoms with van der Waals surface area (Å²) in [6, 6.07) is 21.4. The van der Waals surface area contributed by atoms with Crippen molar-refractivity contribution in [2.75, 3.05) is 18.4 Å². The molecule has 0 heterocycles. The van der Waals surface area contributed by atoms with Crippen LogP contribution in [0, 0.1) is 13.8 Å². The normalized spacial score (nSPS) is 11.2. The number of carbonyl (C=O) groups excluding carboxylic acids is 1. The molecule has 0 aliphatic carbocycles. The van der Waals surface area contributed by atoms with E-state index in [-0.39, 0.29) is 10.8 Å². The molecule has 0 fully saturated rings. The number of anilines is 1. The van der Waals surface area contributed by atoms with Gasteiger partial charge in [0.1, 0.15) is 0 Å². The monoisotopic (exact) mass is 422 g/mol. The molecule has 156 valence electrons. The van der Waals surface area contributed by atoms with Crippen molar-refractivity contribution >= 4 is 21.6 Å². The molecule has 0 N–H and O–H groups in total. The molecule has 0 radical (unpaired) electrons. The highest BCUT2D eigenvalue weighted by molar-refractivity contribution is 7.92. The number of benzene rings is 3. The lowest BCUT2D eigenvalue weighted by Crippen LogP contribution is -2.27. The van der Waals surface area contributed by atoms with E-state index in [0.29, 0.717) is 17.8 Å². The molecule has 0 saturated carbocycles. The molecule has 0 saturated heterocycles. The van der Waals surface area contributed by atoms with Gasteiger partial charge in [-0.25, -0.2) is 8.42 Å². The van der Waals surface area contributed by atoms with Crippen LogP contribution in [0.15, 0.2) is 77.7 Å². The standard InChI is InChI=1S/C24H26N2O3S/c1-18-5-9-20(10-6-18)17-25(3)24(27)21-11-13-22(14-12-21)26(4)30(28,29)23-15-7-19(2)8-16-23/h5-16H,17H2,1-4H3. The van der Waals surface area contributed by atoms with Gasteiger partial charge in [-0.15, -0.1) is 0 Å². The Hall–Kier alpha value is -3.12. The lowest BCUT2D eigenvalue weighted by atomic mass is 10.1. The second-order valence-electron chi connectivity index (χ2n) is 7.48. The van der Waals surface area contributed by atoms with Crippen LogP contribution in [-0.2, 0) is 16.6 Å². The van der Waals surface area contributed by atoms with E-state index < -0.39 is 10.0 Å². The number of carbonyl (C=O) groups is 1. The summed E-state index contributed by atoms with van der Waals surface area (Å²) in [6.45, 7) is 4.44. The Bertz CT molecular complexity index is 1120. The topological polar surface area (TPSA) is 57.7 Å². The summed E-state index contributed by atoms with van der Waals surface area (Å²) in [5.41, 5.74) is 4.22. The van der Waals surface area contributed by atoms with Gasteiger partial charge in [0.2, 0.25) is 0 Å². The molecule has 0 spiro atoms. The molecule has 5 nitrogen and oxygen atoms in total. The maximum Gasteiger partial charge on any atom is 0.264 e. The van der Waals surface area contributed by atoms with Gasteiger partial charge in [0.15, 0.2) is 0 Å². The highest BCUT2D eigenvalue weighted by Crippen LogP contribution is 2.23. The lowest BCUT2D eigenvalue weighted by molar-refractivity contribution is 0.0785. The number of nitrogens with zero attached hydrogens (tertiary/aromatic N) is 2. The van der Waals surface area contributed by atoms with Crippen molar-refractivity contribution < 1.29 is 13.2 Å². The Labute approximate surface area is 178 Å². The predicted octanol–water partition coefficient (Wildman–Crippen LogP) is 4.40. The summed E-state index contributed by atoms with van der Waals surface area (Å²) >= 11 is 0. The Balaban J connectivity index is 1.74. The average Bonchev–Trinajstić information content (AvgIpc) is 2.74. The van der Waals surface area contributed by atoms with Crippen LogP contribution >= 0.6 is 0 Å². The predicted molar refractivity (Wildman–Crippen MR) is 120 cm³/mol. The third kappa shape index (κ3) is 4.71. The van der Waals surface area contributed by atoms with Crippen molar-refractivity contribution in [3.8, 4) is 0 Å². The van der Waals surface area contributed by atoms with Crippen molar-refractivity contribution in [2.24, 2.45) is 0 Å². The van der Waals surface area contributed by atoms with Crippen molar-refractivity contribution in [1.29, 1.82) is 0 Å². The zero-order valence-corrected chi connectivity index (χ0v) is 18.5. The van der Waals surface area contributed by atoms with Crippen LogP contribution in [0.3, 0.4) is 0 Å². The highest BCUT2D eigenvalue weighted by Gasteiger charge is 2.21. The number of hydrogen-bond acceptors (Lipinski definition) is 3. The van der Waals surface area contributed by atoms with Gasteiger partial charge in [0, 0.05) is 26.2 Å². The Morgan fingerprint density at radius 3 is 1.80 bits per heavy atom. The van der Waals surface area contributed by atoms with Crippen LogP contribution in [0.2, 0.25) is 0 Å². The summed E-state index contributed by atoms with van der Waals surface area (Å²) < 4.78 is 26.9. The minimum absolute atomic E-state index is 0.119. The molecule has 0 atom stereocenters. The molecule has 0 aliphatic rings. The Kier molecular flexibility index (Phi) is 6.27. The molecule has 0 aromatic heterocycles. The maximum absolute atomic E-state index is 12.8. The molecule has 3 aromatic rings. The Morgan fingerprint density at radius 1 is 0.767 bits per heavy atom. The summed E-state index contributed by atoms with van der Waals surface area (Å²) in [7, 11) is -0.401. The first-order valence-corrected chi connectivity index (χ1v) is 11.1.